The molecule has 2 aliphatic carbocycles. The predicted molar refractivity (Wildman–Crippen MR) is 113 cm³/mol. The van der Waals surface area contributed by atoms with Gasteiger partial charge in [0.1, 0.15) is 5.82 Å². The first kappa shape index (κ1) is 19.5. The summed E-state index contributed by atoms with van der Waals surface area (Å²) in [5, 5.41) is 9.63. The van der Waals surface area contributed by atoms with Crippen molar-refractivity contribution in [1.29, 1.82) is 0 Å². The van der Waals surface area contributed by atoms with Crippen LogP contribution in [0.1, 0.15) is 70.5 Å². The highest BCUT2D eigenvalue weighted by atomic mass is 32.2. The van der Waals surface area contributed by atoms with Crippen molar-refractivity contribution in [2.24, 2.45) is 0 Å². The molecule has 1 atom stereocenters. The summed E-state index contributed by atoms with van der Waals surface area (Å²) >= 11 is 1.54. The fourth-order valence-electron chi connectivity index (χ4n) is 4.21. The van der Waals surface area contributed by atoms with E-state index in [0.717, 1.165) is 36.1 Å². The maximum atomic E-state index is 13.2. The molecule has 0 radical (unpaired) electrons. The van der Waals surface area contributed by atoms with Crippen LogP contribution in [0.4, 0.5) is 0 Å². The Morgan fingerprint density at radius 1 is 1.14 bits per heavy atom. The van der Waals surface area contributed by atoms with Gasteiger partial charge >= 0.3 is 0 Å². The van der Waals surface area contributed by atoms with Crippen LogP contribution < -0.4 is 0 Å². The molecular formula is C22H30N4OS. The third-order valence-corrected chi connectivity index (χ3v) is 6.91. The first-order chi connectivity index (χ1) is 13.7. The van der Waals surface area contributed by atoms with Crippen molar-refractivity contribution in [2.75, 3.05) is 6.54 Å². The number of carbonyl (C=O) groups excluding carboxylic acids is 1. The van der Waals surface area contributed by atoms with Crippen LogP contribution >= 0.6 is 11.8 Å². The smallest absolute Gasteiger partial charge is 0.236 e. The van der Waals surface area contributed by atoms with Crippen molar-refractivity contribution in [3.63, 3.8) is 0 Å². The standard InChI is InChI=1S/C22H30N4OS/c1-3-25(18-10-6-4-7-11-18)21(27)16(2)28-22-24-23-20(17-14-15-17)26(22)19-12-8-5-9-13-19/h5,8-9,12-13,16-18H,3-4,6-7,10-11,14-15H2,1-2H3/t16-/m0/s1. The van der Waals surface area contributed by atoms with Crippen molar-refractivity contribution in [2.45, 2.75) is 81.2 Å². The molecule has 0 unspecified atom stereocenters. The molecule has 150 valence electrons. The summed E-state index contributed by atoms with van der Waals surface area (Å²) in [6.07, 6.45) is 8.42. The molecule has 0 saturated heterocycles. The first-order valence-electron chi connectivity index (χ1n) is 10.7. The zero-order chi connectivity index (χ0) is 19.5. The maximum Gasteiger partial charge on any atom is 0.236 e. The van der Waals surface area contributed by atoms with Crippen LogP contribution in [0.3, 0.4) is 0 Å². The van der Waals surface area contributed by atoms with E-state index in [0.29, 0.717) is 12.0 Å². The fraction of sp³-hybridized carbons (Fsp3) is 0.591. The Kier molecular flexibility index (Phi) is 6.04. The van der Waals surface area contributed by atoms with Gasteiger partial charge in [-0.1, -0.05) is 49.2 Å². The number of rotatable bonds is 7. The molecule has 28 heavy (non-hydrogen) atoms. The largest absolute Gasteiger partial charge is 0.339 e. The van der Waals surface area contributed by atoms with E-state index in [1.807, 2.05) is 25.1 Å². The Balaban J connectivity index is 1.54. The Bertz CT molecular complexity index is 796. The topological polar surface area (TPSA) is 51.0 Å². The van der Waals surface area contributed by atoms with Gasteiger partial charge in [-0.15, -0.1) is 10.2 Å². The highest BCUT2D eigenvalue weighted by Crippen LogP contribution is 2.41. The van der Waals surface area contributed by atoms with Crippen molar-refractivity contribution in [3.8, 4) is 5.69 Å². The summed E-state index contributed by atoms with van der Waals surface area (Å²) in [6.45, 7) is 4.90. The van der Waals surface area contributed by atoms with Crippen LogP contribution in [0.25, 0.3) is 5.69 Å². The predicted octanol–water partition coefficient (Wildman–Crippen LogP) is 4.81. The molecular weight excluding hydrogens is 368 g/mol. The Morgan fingerprint density at radius 2 is 1.86 bits per heavy atom. The van der Waals surface area contributed by atoms with Crippen LogP contribution in [0.15, 0.2) is 35.5 Å². The monoisotopic (exact) mass is 398 g/mol. The highest BCUT2D eigenvalue weighted by molar-refractivity contribution is 8.00. The normalized spacial score (nSPS) is 18.8. The van der Waals surface area contributed by atoms with E-state index in [1.165, 1.54) is 32.1 Å². The first-order valence-corrected chi connectivity index (χ1v) is 11.5. The molecule has 1 amide bonds. The zero-order valence-corrected chi connectivity index (χ0v) is 17.7. The number of amides is 1. The quantitative estimate of drug-likeness (QED) is 0.628. The van der Waals surface area contributed by atoms with Gasteiger partial charge in [-0.25, -0.2) is 0 Å². The lowest BCUT2D eigenvalue weighted by atomic mass is 9.94. The van der Waals surface area contributed by atoms with E-state index in [1.54, 1.807) is 11.8 Å². The summed E-state index contributed by atoms with van der Waals surface area (Å²) in [5.74, 6) is 1.77. The lowest BCUT2D eigenvalue weighted by molar-refractivity contribution is -0.133. The lowest BCUT2D eigenvalue weighted by Gasteiger charge is -2.35. The second-order valence-electron chi connectivity index (χ2n) is 7.96. The minimum Gasteiger partial charge on any atom is -0.339 e. The molecule has 5 nitrogen and oxygen atoms in total. The number of hydrogen-bond donors (Lipinski definition) is 0. The molecule has 1 aromatic carbocycles. The van der Waals surface area contributed by atoms with Gasteiger partial charge in [-0.05, 0) is 51.7 Å². The fourth-order valence-corrected chi connectivity index (χ4v) is 5.16. The zero-order valence-electron chi connectivity index (χ0n) is 16.9. The van der Waals surface area contributed by atoms with Crippen LogP contribution in [-0.4, -0.2) is 43.4 Å². The number of benzene rings is 1. The Hall–Kier alpha value is -1.82. The Morgan fingerprint density at radius 3 is 2.50 bits per heavy atom. The van der Waals surface area contributed by atoms with E-state index in [-0.39, 0.29) is 11.2 Å². The maximum absolute atomic E-state index is 13.2. The van der Waals surface area contributed by atoms with Gasteiger partial charge in [-0.2, -0.15) is 0 Å². The minimum atomic E-state index is -0.166. The van der Waals surface area contributed by atoms with Crippen LogP contribution in [0.5, 0.6) is 0 Å². The van der Waals surface area contributed by atoms with Crippen molar-refractivity contribution in [3.05, 3.63) is 36.2 Å². The third-order valence-electron chi connectivity index (χ3n) is 5.88. The third kappa shape index (κ3) is 4.12. The minimum absolute atomic E-state index is 0.166. The van der Waals surface area contributed by atoms with Gasteiger partial charge in [0.25, 0.3) is 0 Å². The molecule has 0 bridgehead atoms. The van der Waals surface area contributed by atoms with E-state index in [4.69, 9.17) is 0 Å². The van der Waals surface area contributed by atoms with Crippen molar-refractivity contribution >= 4 is 17.7 Å². The number of carbonyl (C=O) groups is 1. The molecule has 4 rings (SSSR count). The van der Waals surface area contributed by atoms with E-state index in [2.05, 4.69) is 38.7 Å². The molecule has 1 aromatic heterocycles. The Labute approximate surface area is 171 Å². The molecule has 2 saturated carbocycles. The van der Waals surface area contributed by atoms with Gasteiger partial charge in [0.15, 0.2) is 5.16 Å². The molecule has 1 heterocycles. The summed E-state index contributed by atoms with van der Waals surface area (Å²) in [5.41, 5.74) is 1.08. The van der Waals surface area contributed by atoms with Gasteiger partial charge in [0.2, 0.25) is 5.91 Å². The van der Waals surface area contributed by atoms with Gasteiger partial charge in [0, 0.05) is 24.2 Å². The van der Waals surface area contributed by atoms with Gasteiger partial charge in [-0.3, -0.25) is 9.36 Å². The average molecular weight is 399 g/mol. The van der Waals surface area contributed by atoms with Crippen LogP contribution in [0, 0.1) is 0 Å². The number of para-hydroxylation sites is 1. The molecule has 2 fully saturated rings. The van der Waals surface area contributed by atoms with Crippen LogP contribution in [-0.2, 0) is 4.79 Å². The van der Waals surface area contributed by atoms with Gasteiger partial charge in [0.05, 0.1) is 5.25 Å². The van der Waals surface area contributed by atoms with E-state index >= 15 is 0 Å². The molecule has 2 aliphatic rings. The number of hydrogen-bond acceptors (Lipinski definition) is 4. The number of thioether (sulfide) groups is 1. The molecule has 0 N–H and O–H groups in total. The molecule has 0 aliphatic heterocycles. The molecule has 2 aromatic rings. The summed E-state index contributed by atoms with van der Waals surface area (Å²) < 4.78 is 2.16. The molecule has 6 heteroatoms. The van der Waals surface area contributed by atoms with Crippen molar-refractivity contribution in [1.82, 2.24) is 19.7 Å². The van der Waals surface area contributed by atoms with E-state index < -0.39 is 0 Å². The van der Waals surface area contributed by atoms with Crippen LogP contribution in [0.2, 0.25) is 0 Å². The SMILES string of the molecule is CCN(C(=O)[C@H](C)Sc1nnc(C2CC2)n1-c1ccccc1)C1CCCCC1. The number of aromatic nitrogens is 3. The lowest BCUT2D eigenvalue weighted by Crippen LogP contribution is -2.44. The second kappa shape index (κ2) is 8.68. The van der Waals surface area contributed by atoms with E-state index in [9.17, 15) is 4.79 Å². The van der Waals surface area contributed by atoms with Gasteiger partial charge < -0.3 is 4.90 Å². The highest BCUT2D eigenvalue weighted by Gasteiger charge is 2.33. The number of nitrogens with zero attached hydrogens (tertiary/aromatic N) is 4. The summed E-state index contributed by atoms with van der Waals surface area (Å²) in [6, 6.07) is 10.7. The average Bonchev–Trinajstić information content (AvgIpc) is 3.50. The summed E-state index contributed by atoms with van der Waals surface area (Å²) in [4.78, 5) is 15.3. The molecule has 0 spiro atoms. The van der Waals surface area contributed by atoms with Crippen molar-refractivity contribution < 1.29 is 4.79 Å². The second-order valence-corrected chi connectivity index (χ2v) is 9.27. The summed E-state index contributed by atoms with van der Waals surface area (Å²) in [7, 11) is 0.